The van der Waals surface area contributed by atoms with Gasteiger partial charge in [-0.05, 0) is 18.6 Å². The van der Waals surface area contributed by atoms with Gasteiger partial charge in [0.15, 0.2) is 0 Å². The van der Waals surface area contributed by atoms with Crippen molar-refractivity contribution in [2.75, 3.05) is 6.61 Å². The first-order valence-corrected chi connectivity index (χ1v) is 7.15. The molecule has 0 saturated heterocycles. The number of hydrogen-bond donors (Lipinski definition) is 2. The Morgan fingerprint density at radius 2 is 2.05 bits per heavy atom. The second-order valence-electron chi connectivity index (χ2n) is 3.93. The SMILES string of the molecule is CC[C@@H](CO)NS(=O)(=O)c1cccc(OC(F)(F)F)c1. The van der Waals surface area contributed by atoms with Crippen LogP contribution in [0.3, 0.4) is 0 Å². The fraction of sp³-hybridized carbons (Fsp3) is 0.455. The van der Waals surface area contributed by atoms with E-state index >= 15 is 0 Å². The van der Waals surface area contributed by atoms with Crippen molar-refractivity contribution < 1.29 is 31.4 Å². The maximum Gasteiger partial charge on any atom is 0.573 e. The van der Waals surface area contributed by atoms with Crippen LogP contribution in [0, 0.1) is 0 Å². The smallest absolute Gasteiger partial charge is 0.406 e. The third-order valence-corrected chi connectivity index (χ3v) is 3.90. The Bertz CT molecular complexity index is 541. The Morgan fingerprint density at radius 1 is 1.40 bits per heavy atom. The van der Waals surface area contributed by atoms with Gasteiger partial charge in [-0.1, -0.05) is 13.0 Å². The molecule has 0 saturated carbocycles. The molecule has 0 bridgehead atoms. The summed E-state index contributed by atoms with van der Waals surface area (Å²) >= 11 is 0. The summed E-state index contributed by atoms with van der Waals surface area (Å²) in [6.45, 7) is 1.25. The molecule has 9 heteroatoms. The summed E-state index contributed by atoms with van der Waals surface area (Å²) in [6, 6.07) is 3.33. The largest absolute Gasteiger partial charge is 0.573 e. The summed E-state index contributed by atoms with van der Waals surface area (Å²) in [5.41, 5.74) is 0. The number of halogens is 3. The number of hydrogen-bond acceptors (Lipinski definition) is 4. The third-order valence-electron chi connectivity index (χ3n) is 2.38. The van der Waals surface area contributed by atoms with Crippen LogP contribution in [0.25, 0.3) is 0 Å². The zero-order valence-electron chi connectivity index (χ0n) is 10.5. The monoisotopic (exact) mass is 313 g/mol. The van der Waals surface area contributed by atoms with E-state index in [1.54, 1.807) is 6.92 Å². The van der Waals surface area contributed by atoms with Gasteiger partial charge < -0.3 is 9.84 Å². The minimum atomic E-state index is -4.90. The molecule has 1 aromatic carbocycles. The number of nitrogens with one attached hydrogen (secondary N) is 1. The zero-order chi connectivity index (χ0) is 15.4. The lowest BCUT2D eigenvalue weighted by molar-refractivity contribution is -0.274. The highest BCUT2D eigenvalue weighted by atomic mass is 32.2. The normalized spacial score (nSPS) is 14.1. The summed E-state index contributed by atoms with van der Waals surface area (Å²) in [4.78, 5) is -0.369. The maximum atomic E-state index is 12.1. The highest BCUT2D eigenvalue weighted by Crippen LogP contribution is 2.24. The molecule has 0 aromatic heterocycles. The molecule has 5 nitrogen and oxygen atoms in total. The molecule has 1 aromatic rings. The third kappa shape index (κ3) is 4.99. The zero-order valence-corrected chi connectivity index (χ0v) is 11.3. The molecule has 0 spiro atoms. The van der Waals surface area contributed by atoms with Crippen molar-refractivity contribution in [3.63, 3.8) is 0 Å². The molecule has 114 valence electrons. The van der Waals surface area contributed by atoms with Crippen LogP contribution in [0.1, 0.15) is 13.3 Å². The van der Waals surface area contributed by atoms with E-state index in [0.717, 1.165) is 24.3 Å². The van der Waals surface area contributed by atoms with Crippen molar-refractivity contribution in [1.29, 1.82) is 0 Å². The molecule has 0 heterocycles. The molecule has 0 radical (unpaired) electrons. The molecule has 0 fully saturated rings. The summed E-state index contributed by atoms with van der Waals surface area (Å²) in [6.07, 6.45) is -4.55. The second-order valence-corrected chi connectivity index (χ2v) is 5.65. The summed E-state index contributed by atoms with van der Waals surface area (Å²) in [7, 11) is -4.02. The van der Waals surface area contributed by atoms with Gasteiger partial charge in [0.1, 0.15) is 5.75 Å². The van der Waals surface area contributed by atoms with Crippen molar-refractivity contribution >= 4 is 10.0 Å². The highest BCUT2D eigenvalue weighted by molar-refractivity contribution is 7.89. The minimum absolute atomic E-state index is 0.342. The van der Waals surface area contributed by atoms with Crippen molar-refractivity contribution in [3.05, 3.63) is 24.3 Å². The minimum Gasteiger partial charge on any atom is -0.406 e. The molecular weight excluding hydrogens is 299 g/mol. The summed E-state index contributed by atoms with van der Waals surface area (Å²) in [5.74, 6) is -0.627. The Labute approximate surface area is 114 Å². The summed E-state index contributed by atoms with van der Waals surface area (Å²) < 4.78 is 65.9. The van der Waals surface area contributed by atoms with E-state index in [1.165, 1.54) is 0 Å². The molecular formula is C11H14F3NO4S. The number of aliphatic hydroxyl groups excluding tert-OH is 1. The Hall–Kier alpha value is -1.32. The van der Waals surface area contributed by atoms with Crippen molar-refractivity contribution in [2.45, 2.75) is 30.6 Å². The van der Waals surface area contributed by atoms with Gasteiger partial charge in [-0.2, -0.15) is 0 Å². The van der Waals surface area contributed by atoms with Crippen molar-refractivity contribution in [1.82, 2.24) is 4.72 Å². The molecule has 0 amide bonds. The molecule has 0 unspecified atom stereocenters. The van der Waals surface area contributed by atoms with Gasteiger partial charge in [0, 0.05) is 12.1 Å². The van der Waals surface area contributed by atoms with Crippen LogP contribution < -0.4 is 9.46 Å². The van der Waals surface area contributed by atoms with Crippen LogP contribution in [-0.2, 0) is 10.0 Å². The molecule has 1 atom stereocenters. The average molecular weight is 313 g/mol. The second kappa shape index (κ2) is 6.42. The van der Waals surface area contributed by atoms with Gasteiger partial charge in [0.05, 0.1) is 11.5 Å². The molecule has 0 aliphatic carbocycles. The van der Waals surface area contributed by atoms with E-state index in [9.17, 15) is 21.6 Å². The van der Waals surface area contributed by atoms with E-state index < -0.39 is 34.8 Å². The van der Waals surface area contributed by atoms with Crippen LogP contribution in [0.2, 0.25) is 0 Å². The van der Waals surface area contributed by atoms with E-state index in [0.29, 0.717) is 6.42 Å². The van der Waals surface area contributed by atoms with Crippen LogP contribution in [0.4, 0.5) is 13.2 Å². The van der Waals surface area contributed by atoms with E-state index in [-0.39, 0.29) is 4.90 Å². The topological polar surface area (TPSA) is 75.6 Å². The van der Waals surface area contributed by atoms with E-state index in [1.807, 2.05) is 0 Å². The number of rotatable bonds is 6. The van der Waals surface area contributed by atoms with Gasteiger partial charge in [-0.25, -0.2) is 13.1 Å². The fourth-order valence-corrected chi connectivity index (χ4v) is 2.72. The van der Waals surface area contributed by atoms with Crippen LogP contribution in [0.15, 0.2) is 29.2 Å². The number of sulfonamides is 1. The lowest BCUT2D eigenvalue weighted by Crippen LogP contribution is -2.36. The Morgan fingerprint density at radius 3 is 2.55 bits per heavy atom. The van der Waals surface area contributed by atoms with Gasteiger partial charge in [0.2, 0.25) is 10.0 Å². The molecule has 0 aliphatic heterocycles. The Balaban J connectivity index is 2.98. The lowest BCUT2D eigenvalue weighted by Gasteiger charge is -2.15. The van der Waals surface area contributed by atoms with Gasteiger partial charge in [-0.3, -0.25) is 0 Å². The number of ether oxygens (including phenoxy) is 1. The molecule has 0 aliphatic rings. The first-order valence-electron chi connectivity index (χ1n) is 5.67. The first kappa shape index (κ1) is 16.7. The lowest BCUT2D eigenvalue weighted by atomic mass is 10.3. The van der Waals surface area contributed by atoms with E-state index in [2.05, 4.69) is 9.46 Å². The van der Waals surface area contributed by atoms with Crippen LogP contribution in [-0.4, -0.2) is 32.5 Å². The van der Waals surface area contributed by atoms with Crippen LogP contribution in [0.5, 0.6) is 5.75 Å². The van der Waals surface area contributed by atoms with E-state index in [4.69, 9.17) is 5.11 Å². The van der Waals surface area contributed by atoms with Gasteiger partial charge in [-0.15, -0.1) is 13.2 Å². The number of aliphatic hydroxyl groups is 1. The number of benzene rings is 1. The predicted molar refractivity (Wildman–Crippen MR) is 64.6 cm³/mol. The average Bonchev–Trinajstić information content (AvgIpc) is 2.34. The van der Waals surface area contributed by atoms with Gasteiger partial charge in [0.25, 0.3) is 0 Å². The summed E-state index contributed by atoms with van der Waals surface area (Å²) in [5, 5.41) is 8.94. The maximum absolute atomic E-state index is 12.1. The standard InChI is InChI=1S/C11H14F3NO4S/c1-2-8(7-16)15-20(17,18)10-5-3-4-9(6-10)19-11(12,13)14/h3-6,8,15-16H,2,7H2,1H3/t8-/m0/s1. The molecule has 2 N–H and O–H groups in total. The van der Waals surface area contributed by atoms with Crippen LogP contribution >= 0.6 is 0 Å². The fourth-order valence-electron chi connectivity index (χ4n) is 1.38. The Kier molecular flexibility index (Phi) is 5.37. The van der Waals surface area contributed by atoms with Crippen molar-refractivity contribution in [3.8, 4) is 5.75 Å². The first-order chi connectivity index (χ1) is 9.18. The predicted octanol–water partition coefficient (Wildman–Crippen LogP) is 1.63. The van der Waals surface area contributed by atoms with Crippen molar-refractivity contribution in [2.24, 2.45) is 0 Å². The van der Waals surface area contributed by atoms with Gasteiger partial charge >= 0.3 is 6.36 Å². The molecule has 1 rings (SSSR count). The number of alkyl halides is 3. The quantitative estimate of drug-likeness (QED) is 0.837. The highest BCUT2D eigenvalue weighted by Gasteiger charge is 2.31. The molecule has 20 heavy (non-hydrogen) atoms.